The van der Waals surface area contributed by atoms with E-state index in [9.17, 15) is 4.79 Å². The second-order valence-corrected chi connectivity index (χ2v) is 8.85. The molecule has 1 aromatic rings. The van der Waals surface area contributed by atoms with Gasteiger partial charge in [0.25, 0.3) is 0 Å². The zero-order chi connectivity index (χ0) is 15.3. The summed E-state index contributed by atoms with van der Waals surface area (Å²) >= 11 is 1.43. The van der Waals surface area contributed by atoms with Gasteiger partial charge in [-0.3, -0.25) is 15.0 Å². The third-order valence-corrected chi connectivity index (χ3v) is 6.72. The van der Waals surface area contributed by atoms with E-state index < -0.39 is 0 Å². The minimum atomic E-state index is 0.0365. The van der Waals surface area contributed by atoms with Gasteiger partial charge in [-0.25, -0.2) is 0 Å². The fraction of sp³-hybridized carbons (Fsp3) is 0.812. The second kappa shape index (κ2) is 5.27. The lowest BCUT2D eigenvalue weighted by Gasteiger charge is -2.59. The molecular weight excluding hydrogens is 296 g/mol. The fourth-order valence-electron chi connectivity index (χ4n) is 5.42. The molecule has 4 bridgehead atoms. The molecule has 5 rings (SSSR count). The number of hydrogen-bond donors (Lipinski definition) is 1. The Morgan fingerprint density at radius 1 is 1.23 bits per heavy atom. The highest BCUT2D eigenvalue weighted by Crippen LogP contribution is 2.57. The van der Waals surface area contributed by atoms with Gasteiger partial charge in [0.15, 0.2) is 0 Å². The van der Waals surface area contributed by atoms with Gasteiger partial charge in [0.2, 0.25) is 11.0 Å². The van der Waals surface area contributed by atoms with E-state index in [4.69, 9.17) is 0 Å². The first-order valence-corrected chi connectivity index (χ1v) is 9.15. The highest BCUT2D eigenvalue weighted by molar-refractivity contribution is 7.15. The molecule has 0 spiro atoms. The number of anilines is 1. The average molecular weight is 320 g/mol. The van der Waals surface area contributed by atoms with Crippen molar-refractivity contribution < 1.29 is 4.79 Å². The molecule has 0 aliphatic heterocycles. The third kappa shape index (κ3) is 2.56. The zero-order valence-electron chi connectivity index (χ0n) is 13.3. The Hall–Kier alpha value is -1.01. The molecule has 4 aliphatic rings. The van der Waals surface area contributed by atoms with E-state index in [1.54, 1.807) is 0 Å². The van der Waals surface area contributed by atoms with E-state index in [2.05, 4.69) is 27.5 Å². The number of likely N-dealkylation sites (N-methyl/N-ethyl adjacent to an activating group) is 1. The van der Waals surface area contributed by atoms with Crippen molar-refractivity contribution in [2.45, 2.75) is 51.0 Å². The van der Waals surface area contributed by atoms with E-state index >= 15 is 0 Å². The number of nitrogens with one attached hydrogen (secondary N) is 1. The van der Waals surface area contributed by atoms with Crippen LogP contribution >= 0.6 is 11.3 Å². The maximum Gasteiger partial charge on any atom is 0.240 e. The lowest BCUT2D eigenvalue weighted by atomic mass is 9.52. The van der Waals surface area contributed by atoms with Crippen LogP contribution in [0.5, 0.6) is 0 Å². The van der Waals surface area contributed by atoms with E-state index in [0.29, 0.717) is 11.7 Å². The molecule has 4 aliphatic carbocycles. The summed E-state index contributed by atoms with van der Waals surface area (Å²) < 4.78 is 0. The topological polar surface area (TPSA) is 58.1 Å². The molecule has 1 N–H and O–H groups in total. The van der Waals surface area contributed by atoms with Crippen molar-refractivity contribution in [3.05, 3.63) is 5.01 Å². The van der Waals surface area contributed by atoms with Gasteiger partial charge >= 0.3 is 0 Å². The summed E-state index contributed by atoms with van der Waals surface area (Å²) in [5, 5.41) is 12.3. The molecule has 0 unspecified atom stereocenters. The molecule has 1 heterocycles. The number of hydrogen-bond acceptors (Lipinski definition) is 5. The highest BCUT2D eigenvalue weighted by atomic mass is 32.1. The van der Waals surface area contributed by atoms with Crippen LogP contribution in [0.15, 0.2) is 0 Å². The molecule has 120 valence electrons. The van der Waals surface area contributed by atoms with Crippen molar-refractivity contribution in [2.75, 3.05) is 18.9 Å². The van der Waals surface area contributed by atoms with E-state index in [0.717, 1.165) is 22.8 Å². The minimum Gasteiger partial charge on any atom is -0.299 e. The van der Waals surface area contributed by atoms with Gasteiger partial charge in [-0.15, -0.1) is 10.2 Å². The van der Waals surface area contributed by atoms with Crippen LogP contribution in [0, 0.1) is 24.7 Å². The third-order valence-electron chi connectivity index (χ3n) is 5.97. The lowest BCUT2D eigenvalue weighted by molar-refractivity contribution is -0.123. The lowest BCUT2D eigenvalue weighted by Crippen LogP contribution is -2.59. The number of nitrogens with zero attached hydrogens (tertiary/aromatic N) is 3. The Balaban J connectivity index is 1.41. The molecule has 1 amide bonds. The van der Waals surface area contributed by atoms with Gasteiger partial charge < -0.3 is 0 Å². The van der Waals surface area contributed by atoms with Crippen LogP contribution < -0.4 is 5.32 Å². The van der Waals surface area contributed by atoms with Crippen molar-refractivity contribution in [1.82, 2.24) is 15.1 Å². The van der Waals surface area contributed by atoms with Crippen LogP contribution in [-0.4, -0.2) is 40.1 Å². The van der Waals surface area contributed by atoms with E-state index in [-0.39, 0.29) is 11.4 Å². The summed E-state index contributed by atoms with van der Waals surface area (Å²) in [4.78, 5) is 14.6. The molecular formula is C16H24N4OS. The zero-order valence-corrected chi connectivity index (χ0v) is 14.2. The summed E-state index contributed by atoms with van der Waals surface area (Å²) in [6.07, 6.45) is 8.18. The SMILES string of the molecule is Cc1nnc(NC(=O)CN(C)C23CC4CC(CC(C4)C2)C3)s1. The first-order chi connectivity index (χ1) is 10.5. The number of rotatable bonds is 4. The molecule has 4 saturated carbocycles. The van der Waals surface area contributed by atoms with Crippen molar-refractivity contribution in [2.24, 2.45) is 17.8 Å². The second-order valence-electron chi connectivity index (χ2n) is 7.67. The maximum absolute atomic E-state index is 12.3. The number of aromatic nitrogens is 2. The minimum absolute atomic E-state index is 0.0365. The molecule has 1 aromatic heterocycles. The van der Waals surface area contributed by atoms with Crippen LogP contribution in [0.3, 0.4) is 0 Å². The summed E-state index contributed by atoms with van der Waals surface area (Å²) in [6, 6.07) is 0. The van der Waals surface area contributed by atoms with Crippen LogP contribution in [0.1, 0.15) is 43.5 Å². The molecule has 4 fully saturated rings. The standard InChI is InChI=1S/C16H24N4OS/c1-10-18-19-15(22-10)17-14(21)9-20(2)16-6-11-3-12(7-16)5-13(4-11)8-16/h11-13H,3-9H2,1-2H3,(H,17,19,21). The maximum atomic E-state index is 12.3. The Kier molecular flexibility index (Phi) is 3.49. The quantitative estimate of drug-likeness (QED) is 0.926. The number of carbonyl (C=O) groups excluding carboxylic acids is 1. The van der Waals surface area contributed by atoms with Crippen molar-refractivity contribution in [1.29, 1.82) is 0 Å². The summed E-state index contributed by atoms with van der Waals surface area (Å²) in [5.41, 5.74) is 0.281. The smallest absolute Gasteiger partial charge is 0.240 e. The number of carbonyl (C=O) groups is 1. The normalized spacial score (nSPS) is 36.0. The van der Waals surface area contributed by atoms with Crippen molar-refractivity contribution in [3.8, 4) is 0 Å². The van der Waals surface area contributed by atoms with E-state index in [1.165, 1.54) is 49.9 Å². The molecule has 5 nitrogen and oxygen atoms in total. The Morgan fingerprint density at radius 2 is 1.82 bits per heavy atom. The van der Waals surface area contributed by atoms with E-state index in [1.807, 2.05) is 6.92 Å². The predicted molar refractivity (Wildman–Crippen MR) is 86.8 cm³/mol. The van der Waals surface area contributed by atoms with Crippen LogP contribution in [-0.2, 0) is 4.79 Å². The number of amides is 1. The van der Waals surface area contributed by atoms with Gasteiger partial charge in [0.1, 0.15) is 5.01 Å². The molecule has 0 atom stereocenters. The van der Waals surface area contributed by atoms with Crippen LogP contribution in [0.4, 0.5) is 5.13 Å². The first kappa shape index (κ1) is 14.6. The largest absolute Gasteiger partial charge is 0.299 e. The molecule has 0 radical (unpaired) electrons. The van der Waals surface area contributed by atoms with Gasteiger partial charge in [0.05, 0.1) is 6.54 Å². The Labute approximate surface area is 135 Å². The number of aryl methyl sites for hydroxylation is 1. The van der Waals surface area contributed by atoms with Gasteiger partial charge in [-0.05, 0) is 70.3 Å². The van der Waals surface area contributed by atoms with Gasteiger partial charge in [-0.1, -0.05) is 11.3 Å². The monoisotopic (exact) mass is 320 g/mol. The average Bonchev–Trinajstić information content (AvgIpc) is 2.82. The first-order valence-electron chi connectivity index (χ1n) is 8.34. The molecule has 6 heteroatoms. The predicted octanol–water partition coefficient (Wildman–Crippen LogP) is 2.69. The molecule has 0 saturated heterocycles. The molecule has 0 aromatic carbocycles. The Morgan fingerprint density at radius 3 is 2.32 bits per heavy atom. The van der Waals surface area contributed by atoms with Crippen LogP contribution in [0.25, 0.3) is 0 Å². The van der Waals surface area contributed by atoms with Gasteiger partial charge in [-0.2, -0.15) is 0 Å². The van der Waals surface area contributed by atoms with Crippen LogP contribution in [0.2, 0.25) is 0 Å². The summed E-state index contributed by atoms with van der Waals surface area (Å²) in [5.74, 6) is 2.75. The van der Waals surface area contributed by atoms with Gasteiger partial charge in [0, 0.05) is 5.54 Å². The van der Waals surface area contributed by atoms with Crippen molar-refractivity contribution >= 4 is 22.4 Å². The highest BCUT2D eigenvalue weighted by Gasteiger charge is 2.52. The van der Waals surface area contributed by atoms with Crippen molar-refractivity contribution in [3.63, 3.8) is 0 Å². The Bertz CT molecular complexity index is 549. The fourth-order valence-corrected chi connectivity index (χ4v) is 6.03. The molecule has 22 heavy (non-hydrogen) atoms. The summed E-state index contributed by atoms with van der Waals surface area (Å²) in [6.45, 7) is 2.36. The summed E-state index contributed by atoms with van der Waals surface area (Å²) in [7, 11) is 2.14.